The van der Waals surface area contributed by atoms with Crippen molar-refractivity contribution < 1.29 is 4.52 Å². The predicted octanol–water partition coefficient (Wildman–Crippen LogP) is 5.37. The normalized spacial score (nSPS) is 23.9. The van der Waals surface area contributed by atoms with Crippen LogP contribution in [0.25, 0.3) is 22.8 Å². The van der Waals surface area contributed by atoms with Crippen molar-refractivity contribution in [3.63, 3.8) is 0 Å². The molecule has 3 saturated carbocycles. The number of nitrogens with one attached hydrogen (secondary N) is 2. The molecule has 0 radical (unpaired) electrons. The molecular weight excluding hydrogens is 480 g/mol. The van der Waals surface area contributed by atoms with Crippen molar-refractivity contribution in [3.05, 3.63) is 10.6 Å². The third-order valence-corrected chi connectivity index (χ3v) is 9.47. The van der Waals surface area contributed by atoms with E-state index in [2.05, 4.69) is 45.8 Å². The van der Waals surface area contributed by atoms with E-state index in [1.54, 1.807) is 0 Å². The number of nitrogens with zero attached hydrogens (tertiary/aromatic N) is 6. The second kappa shape index (κ2) is 10.7. The van der Waals surface area contributed by atoms with E-state index in [-0.39, 0.29) is 11.9 Å². The van der Waals surface area contributed by atoms with Crippen LogP contribution in [0.4, 0.5) is 11.8 Å². The Morgan fingerprint density at radius 3 is 2.45 bits per heavy atom. The Labute approximate surface area is 224 Å². The summed E-state index contributed by atoms with van der Waals surface area (Å²) >= 11 is 0. The molecule has 2 N–H and O–H groups in total. The molecule has 3 aromatic rings. The smallest absolute Gasteiger partial charge is 0.365 e. The molecule has 0 unspecified atom stereocenters. The number of fused-ring (bicyclic) bond motifs is 1. The molecule has 38 heavy (non-hydrogen) atoms. The van der Waals surface area contributed by atoms with Gasteiger partial charge in [-0.25, -0.2) is 14.8 Å². The Morgan fingerprint density at radius 1 is 1.03 bits per heavy atom. The van der Waals surface area contributed by atoms with E-state index < -0.39 is 5.76 Å². The molecule has 0 amide bonds. The molecule has 1 atom stereocenters. The summed E-state index contributed by atoms with van der Waals surface area (Å²) in [7, 11) is 2.20. The van der Waals surface area contributed by atoms with Gasteiger partial charge in [-0.05, 0) is 63.2 Å². The summed E-state index contributed by atoms with van der Waals surface area (Å²) in [6.45, 7) is 5.54. The van der Waals surface area contributed by atoms with Crippen molar-refractivity contribution in [1.82, 2.24) is 29.7 Å². The highest BCUT2D eigenvalue weighted by molar-refractivity contribution is 5.87. The molecule has 0 saturated heterocycles. The van der Waals surface area contributed by atoms with Crippen molar-refractivity contribution in [1.29, 1.82) is 0 Å². The van der Waals surface area contributed by atoms with Gasteiger partial charge < -0.3 is 14.8 Å². The van der Waals surface area contributed by atoms with Crippen molar-refractivity contribution in [2.45, 2.75) is 110 Å². The predicted molar refractivity (Wildman–Crippen MR) is 148 cm³/mol. The lowest BCUT2D eigenvalue weighted by Gasteiger charge is -2.34. The first kappa shape index (κ1) is 25.4. The monoisotopic (exact) mass is 522 g/mol. The summed E-state index contributed by atoms with van der Waals surface area (Å²) in [5.41, 5.74) is 1.60. The minimum atomic E-state index is -0.615. The Kier molecular flexibility index (Phi) is 7.14. The Balaban J connectivity index is 1.46. The van der Waals surface area contributed by atoms with Gasteiger partial charge in [-0.15, -0.1) is 0 Å². The van der Waals surface area contributed by atoms with Crippen LogP contribution in [0.1, 0.15) is 90.9 Å². The van der Waals surface area contributed by atoms with Crippen LogP contribution in [-0.4, -0.2) is 48.8 Å². The summed E-state index contributed by atoms with van der Waals surface area (Å²) in [5.74, 6) is 3.76. The van der Waals surface area contributed by atoms with Crippen LogP contribution < -0.4 is 16.0 Å². The summed E-state index contributed by atoms with van der Waals surface area (Å²) in [6, 6.07) is 0.764. The van der Waals surface area contributed by atoms with Crippen LogP contribution in [0.2, 0.25) is 0 Å². The fraction of sp³-hybridized carbons (Fsp3) is 0.750. The average molecular weight is 523 g/mol. The molecule has 3 aromatic heterocycles. The maximum absolute atomic E-state index is 11.7. The minimum absolute atomic E-state index is 0.231. The largest absolute Gasteiger partial charge is 0.439 e. The van der Waals surface area contributed by atoms with Gasteiger partial charge in [0.25, 0.3) is 0 Å². The van der Waals surface area contributed by atoms with E-state index in [1.165, 1.54) is 77.0 Å². The number of rotatable bonds is 8. The summed E-state index contributed by atoms with van der Waals surface area (Å²) < 4.78 is 7.18. The van der Waals surface area contributed by atoms with Gasteiger partial charge in [0.1, 0.15) is 5.52 Å². The molecule has 6 rings (SSSR count). The Morgan fingerprint density at radius 2 is 1.79 bits per heavy atom. The van der Waals surface area contributed by atoms with Crippen LogP contribution in [0.15, 0.2) is 9.32 Å². The van der Waals surface area contributed by atoms with Gasteiger partial charge in [0, 0.05) is 25.7 Å². The molecule has 0 aliphatic heterocycles. The molecule has 0 aromatic carbocycles. The van der Waals surface area contributed by atoms with Crippen molar-refractivity contribution in [3.8, 4) is 11.6 Å². The highest BCUT2D eigenvalue weighted by Gasteiger charge is 2.30. The Hall–Kier alpha value is -2.91. The van der Waals surface area contributed by atoms with Crippen LogP contribution in [0.5, 0.6) is 0 Å². The van der Waals surface area contributed by atoms with Crippen molar-refractivity contribution >= 4 is 22.9 Å². The number of hydrogen-bond donors (Lipinski definition) is 2. The summed E-state index contributed by atoms with van der Waals surface area (Å²) in [4.78, 5) is 31.6. The molecule has 3 aliphatic rings. The van der Waals surface area contributed by atoms with Gasteiger partial charge in [-0.1, -0.05) is 50.6 Å². The molecule has 0 spiro atoms. The van der Waals surface area contributed by atoms with Crippen molar-refractivity contribution in [2.24, 2.45) is 17.8 Å². The first-order chi connectivity index (χ1) is 18.5. The van der Waals surface area contributed by atoms with Gasteiger partial charge in [-0.3, -0.25) is 9.51 Å². The van der Waals surface area contributed by atoms with Gasteiger partial charge in [-0.2, -0.15) is 4.98 Å². The number of H-pyrrole nitrogens is 1. The minimum Gasteiger partial charge on any atom is -0.365 e. The third-order valence-electron chi connectivity index (χ3n) is 9.47. The topological polar surface area (TPSA) is 118 Å². The lowest BCUT2D eigenvalue weighted by molar-refractivity contribution is 0.266. The fourth-order valence-electron chi connectivity index (χ4n) is 6.67. The molecule has 0 bridgehead atoms. The molecule has 3 aliphatic carbocycles. The number of imidazole rings is 1. The van der Waals surface area contributed by atoms with E-state index >= 15 is 0 Å². The van der Waals surface area contributed by atoms with E-state index in [1.807, 2.05) is 0 Å². The molecule has 10 nitrogen and oxygen atoms in total. The second-order valence-electron chi connectivity index (χ2n) is 12.2. The lowest BCUT2D eigenvalue weighted by Crippen LogP contribution is -2.36. The van der Waals surface area contributed by atoms with E-state index in [0.717, 1.165) is 29.7 Å². The number of aromatic nitrogens is 6. The highest BCUT2D eigenvalue weighted by Crippen LogP contribution is 2.37. The lowest BCUT2D eigenvalue weighted by atomic mass is 9.80. The standard InChI is InChI=1S/C28H42N8O2/c1-17-12-14-19(15-13-17)16-36-22-23(29-18(2)20-8-7-9-20)30-25(26-33-28(37)38-34-26)31-24(22)32-27(36)35(3)21-10-5-4-6-11-21/h17-21H,4-16H2,1-3H3,(H,29,30,31)(H,33,34,37)/t17?,18-,19?/m1/s1. The van der Waals surface area contributed by atoms with Crippen LogP contribution in [0, 0.1) is 17.8 Å². The van der Waals surface area contributed by atoms with Gasteiger partial charge in [0.05, 0.1) is 0 Å². The first-order valence-corrected chi connectivity index (χ1v) is 14.8. The van der Waals surface area contributed by atoms with Crippen LogP contribution >= 0.6 is 0 Å². The number of hydrogen-bond acceptors (Lipinski definition) is 8. The Bertz CT molecular complexity index is 1290. The SMILES string of the molecule is CC1CCC(Cn2c(N(C)C3CCCCC3)nc3nc(-c4noc(=O)[nH]4)nc(N[C@H](C)C4CCC4)c32)CC1. The van der Waals surface area contributed by atoms with Crippen molar-refractivity contribution in [2.75, 3.05) is 17.3 Å². The second-order valence-corrected chi connectivity index (χ2v) is 12.2. The van der Waals surface area contributed by atoms with E-state index in [9.17, 15) is 4.79 Å². The fourth-order valence-corrected chi connectivity index (χ4v) is 6.67. The van der Waals surface area contributed by atoms with Crippen LogP contribution in [0.3, 0.4) is 0 Å². The number of aromatic amines is 1. The maximum Gasteiger partial charge on any atom is 0.439 e. The first-order valence-electron chi connectivity index (χ1n) is 14.8. The van der Waals surface area contributed by atoms with Crippen LogP contribution in [-0.2, 0) is 6.54 Å². The molecule has 10 heteroatoms. The van der Waals surface area contributed by atoms with Gasteiger partial charge >= 0.3 is 5.76 Å². The molecule has 3 fully saturated rings. The quantitative estimate of drug-likeness (QED) is 0.406. The third kappa shape index (κ3) is 5.06. The molecular formula is C28H42N8O2. The molecule has 3 heterocycles. The number of anilines is 2. The summed E-state index contributed by atoms with van der Waals surface area (Å²) in [5, 5.41) is 7.61. The molecule has 206 valence electrons. The van der Waals surface area contributed by atoms with Gasteiger partial charge in [0.2, 0.25) is 17.6 Å². The van der Waals surface area contributed by atoms with E-state index in [0.29, 0.717) is 29.3 Å². The average Bonchev–Trinajstić information content (AvgIpc) is 3.48. The zero-order valence-corrected chi connectivity index (χ0v) is 23.1. The maximum atomic E-state index is 11.7. The zero-order valence-electron chi connectivity index (χ0n) is 23.1. The van der Waals surface area contributed by atoms with Gasteiger partial charge in [0.15, 0.2) is 11.5 Å². The van der Waals surface area contributed by atoms with E-state index in [4.69, 9.17) is 19.5 Å². The zero-order chi connectivity index (χ0) is 26.2. The summed E-state index contributed by atoms with van der Waals surface area (Å²) in [6.07, 6.45) is 15.1. The highest BCUT2D eigenvalue weighted by atomic mass is 16.5.